The number of hydrogen-bond acceptors (Lipinski definition) is 3. The second-order valence-corrected chi connectivity index (χ2v) is 12.4. The Labute approximate surface area is 250 Å². The largest absolute Gasteiger partial charge is 0.371 e. The van der Waals surface area contributed by atoms with Crippen molar-refractivity contribution < 1.29 is 0 Å². The first-order valence-corrected chi connectivity index (χ1v) is 15.4. The number of fused-ring (bicyclic) bond motifs is 11. The van der Waals surface area contributed by atoms with Crippen LogP contribution in [0.4, 0.5) is 11.4 Å². The molecule has 5 heteroatoms. The Hall–Kier alpha value is -5.39. The van der Waals surface area contributed by atoms with Gasteiger partial charge in [-0.2, -0.15) is 0 Å². The van der Waals surface area contributed by atoms with E-state index in [1.165, 1.54) is 64.0 Å². The van der Waals surface area contributed by atoms with Crippen molar-refractivity contribution in [2.24, 2.45) is 4.99 Å². The van der Waals surface area contributed by atoms with Gasteiger partial charge in [0.2, 0.25) is 0 Å². The summed E-state index contributed by atoms with van der Waals surface area (Å²) in [7, 11) is 0. The third kappa shape index (κ3) is 3.23. The van der Waals surface area contributed by atoms with Crippen LogP contribution in [-0.4, -0.2) is 15.8 Å². The highest BCUT2D eigenvalue weighted by Gasteiger charge is 2.22. The van der Waals surface area contributed by atoms with Gasteiger partial charge in [0.1, 0.15) is 0 Å². The number of rotatable bonds is 2. The fraction of sp³-hybridized carbons (Fsp3) is 0.0263. The first-order valence-electron chi connectivity index (χ1n) is 14.6. The van der Waals surface area contributed by atoms with Gasteiger partial charge in [0.15, 0.2) is 0 Å². The molecule has 0 aliphatic carbocycles. The first-order chi connectivity index (χ1) is 21.3. The predicted molar refractivity (Wildman–Crippen MR) is 184 cm³/mol. The second kappa shape index (κ2) is 8.57. The number of nitrogens with zero attached hydrogens (tertiary/aromatic N) is 2. The van der Waals surface area contributed by atoms with Crippen molar-refractivity contribution in [2.45, 2.75) is 6.04 Å². The fourth-order valence-corrected chi connectivity index (χ4v) is 8.25. The van der Waals surface area contributed by atoms with Gasteiger partial charge in [-0.05, 0) is 48.5 Å². The summed E-state index contributed by atoms with van der Waals surface area (Å²) >= 11 is 1.87. The number of anilines is 1. The molecule has 4 nitrogen and oxygen atoms in total. The number of aromatic amines is 1. The van der Waals surface area contributed by atoms with E-state index in [1.54, 1.807) is 0 Å². The fourth-order valence-electron chi connectivity index (χ4n) is 7.11. The van der Waals surface area contributed by atoms with Gasteiger partial charge < -0.3 is 14.9 Å². The van der Waals surface area contributed by atoms with Crippen LogP contribution in [-0.2, 0) is 0 Å². The van der Waals surface area contributed by atoms with Crippen LogP contribution in [0.1, 0.15) is 11.6 Å². The summed E-state index contributed by atoms with van der Waals surface area (Å²) in [6, 6.07) is 43.8. The number of aromatic nitrogens is 2. The Morgan fingerprint density at radius 1 is 0.628 bits per heavy atom. The van der Waals surface area contributed by atoms with E-state index in [0.717, 1.165) is 22.4 Å². The summed E-state index contributed by atoms with van der Waals surface area (Å²) in [5, 5.41) is 11.4. The number of thiophene rings is 1. The Balaban J connectivity index is 1.23. The van der Waals surface area contributed by atoms with E-state index in [4.69, 9.17) is 4.99 Å². The molecule has 1 unspecified atom stereocenters. The van der Waals surface area contributed by atoms with Gasteiger partial charge in [-0.1, -0.05) is 72.8 Å². The van der Waals surface area contributed by atoms with Gasteiger partial charge in [0.05, 0.1) is 34.0 Å². The molecule has 202 valence electrons. The molecule has 0 saturated carbocycles. The molecule has 0 radical (unpaired) electrons. The van der Waals surface area contributed by atoms with Gasteiger partial charge in [-0.3, -0.25) is 4.99 Å². The summed E-state index contributed by atoms with van der Waals surface area (Å²) in [6.07, 6.45) is 2.02. The van der Waals surface area contributed by atoms with Crippen molar-refractivity contribution in [3.63, 3.8) is 0 Å². The Bertz CT molecular complexity index is 2620. The molecule has 1 aliphatic heterocycles. The third-order valence-electron chi connectivity index (χ3n) is 9.00. The van der Waals surface area contributed by atoms with Crippen molar-refractivity contribution in [3.05, 3.63) is 127 Å². The highest BCUT2D eigenvalue weighted by Crippen LogP contribution is 2.43. The smallest absolute Gasteiger partial charge is 0.0891 e. The van der Waals surface area contributed by atoms with Crippen molar-refractivity contribution in [3.8, 4) is 5.69 Å². The monoisotopic (exact) mass is 568 g/mol. The van der Waals surface area contributed by atoms with Crippen molar-refractivity contribution in [2.75, 3.05) is 5.32 Å². The number of nitrogens with one attached hydrogen (secondary N) is 2. The molecule has 10 rings (SSSR count). The molecule has 0 spiro atoms. The number of hydrogen-bond donors (Lipinski definition) is 2. The SMILES string of the molecule is C1=Nc2ccccc2NC1c1cccc2c1[nH]c1ccc3c(c4ccccc4n3-c3ccc4c(c3)sc3ccccc34)c12. The number of aliphatic imine (C=N–C) groups is 1. The lowest BCUT2D eigenvalue weighted by molar-refractivity contribution is 1.05. The zero-order valence-corrected chi connectivity index (χ0v) is 23.8. The highest BCUT2D eigenvalue weighted by molar-refractivity contribution is 7.25. The molecule has 3 aromatic heterocycles. The van der Waals surface area contributed by atoms with Crippen LogP contribution in [0.2, 0.25) is 0 Å². The molecule has 0 fully saturated rings. The van der Waals surface area contributed by atoms with E-state index in [9.17, 15) is 0 Å². The maximum atomic E-state index is 4.77. The standard InChI is InChI=1S/C38H24N4S/c1-5-14-32-26(9-1)37-33(42(32)22-16-17-24-23-8-2-6-15-34(23)43-35(24)20-22)19-18-30-36(37)27-11-7-10-25(38(27)41-30)31-21-39-28-12-3-4-13-29(28)40-31/h1-21,31,40-41H. The van der Waals surface area contributed by atoms with Crippen LogP contribution in [0, 0.1) is 0 Å². The topological polar surface area (TPSA) is 45.1 Å². The molecule has 0 bridgehead atoms. The summed E-state index contributed by atoms with van der Waals surface area (Å²) < 4.78 is 5.07. The second-order valence-electron chi connectivity index (χ2n) is 11.3. The minimum absolute atomic E-state index is 0.0171. The molecule has 1 aliphatic rings. The lowest BCUT2D eigenvalue weighted by atomic mass is 10.00. The van der Waals surface area contributed by atoms with E-state index in [0.29, 0.717) is 0 Å². The van der Waals surface area contributed by atoms with Gasteiger partial charge in [0.25, 0.3) is 0 Å². The zero-order chi connectivity index (χ0) is 28.1. The van der Waals surface area contributed by atoms with Gasteiger partial charge in [-0.15, -0.1) is 11.3 Å². The molecular formula is C38H24N4S. The minimum atomic E-state index is -0.0171. The average molecular weight is 569 g/mol. The molecule has 9 aromatic rings. The normalized spacial score (nSPS) is 14.8. The Morgan fingerprint density at radius 2 is 1.44 bits per heavy atom. The predicted octanol–water partition coefficient (Wildman–Crippen LogP) is 10.7. The molecule has 0 amide bonds. The Kier molecular flexibility index (Phi) is 4.62. The molecule has 2 N–H and O–H groups in total. The van der Waals surface area contributed by atoms with Crippen molar-refractivity contribution >= 4 is 92.7 Å². The van der Waals surface area contributed by atoms with Gasteiger partial charge in [0, 0.05) is 64.7 Å². The summed E-state index contributed by atoms with van der Waals surface area (Å²) in [5.41, 5.74) is 9.14. The summed E-state index contributed by atoms with van der Waals surface area (Å²) in [5.74, 6) is 0. The van der Waals surface area contributed by atoms with E-state index in [-0.39, 0.29) is 6.04 Å². The van der Waals surface area contributed by atoms with Crippen LogP contribution >= 0.6 is 11.3 Å². The lowest BCUT2D eigenvalue weighted by Gasteiger charge is -2.22. The Morgan fingerprint density at radius 3 is 2.42 bits per heavy atom. The van der Waals surface area contributed by atoms with E-state index in [2.05, 4.69) is 124 Å². The average Bonchev–Trinajstić information content (AvgIpc) is 3.73. The van der Waals surface area contributed by atoms with E-state index in [1.807, 2.05) is 29.7 Å². The quantitative estimate of drug-likeness (QED) is 0.214. The van der Waals surface area contributed by atoms with Crippen LogP contribution in [0.15, 0.2) is 126 Å². The van der Waals surface area contributed by atoms with Gasteiger partial charge >= 0.3 is 0 Å². The molecular weight excluding hydrogens is 545 g/mol. The van der Waals surface area contributed by atoms with Crippen LogP contribution in [0.5, 0.6) is 0 Å². The van der Waals surface area contributed by atoms with Crippen LogP contribution in [0.3, 0.4) is 0 Å². The number of para-hydroxylation sites is 4. The van der Waals surface area contributed by atoms with E-state index < -0.39 is 0 Å². The summed E-state index contributed by atoms with van der Waals surface area (Å²) in [4.78, 5) is 8.57. The first kappa shape index (κ1) is 23.2. The van der Waals surface area contributed by atoms with Crippen molar-refractivity contribution in [1.82, 2.24) is 9.55 Å². The summed E-state index contributed by atoms with van der Waals surface area (Å²) in [6.45, 7) is 0. The zero-order valence-electron chi connectivity index (χ0n) is 23.0. The molecule has 1 atom stereocenters. The van der Waals surface area contributed by atoms with Crippen LogP contribution < -0.4 is 5.32 Å². The molecule has 6 aromatic carbocycles. The highest BCUT2D eigenvalue weighted by atomic mass is 32.1. The maximum absolute atomic E-state index is 4.77. The molecule has 0 saturated heterocycles. The van der Waals surface area contributed by atoms with Gasteiger partial charge in [-0.25, -0.2) is 0 Å². The molecule has 4 heterocycles. The maximum Gasteiger partial charge on any atom is 0.0891 e. The lowest BCUT2D eigenvalue weighted by Crippen LogP contribution is -2.15. The minimum Gasteiger partial charge on any atom is -0.371 e. The third-order valence-corrected chi connectivity index (χ3v) is 10.1. The molecule has 43 heavy (non-hydrogen) atoms. The number of H-pyrrole nitrogens is 1. The van der Waals surface area contributed by atoms with E-state index >= 15 is 0 Å². The number of benzene rings is 6. The van der Waals surface area contributed by atoms with Crippen LogP contribution in [0.25, 0.3) is 69.5 Å². The van der Waals surface area contributed by atoms with Crippen molar-refractivity contribution in [1.29, 1.82) is 0 Å².